The van der Waals surface area contributed by atoms with Gasteiger partial charge < -0.3 is 13.6 Å². The summed E-state index contributed by atoms with van der Waals surface area (Å²) in [6.07, 6.45) is 1.17. The van der Waals surface area contributed by atoms with Gasteiger partial charge in [-0.2, -0.15) is 0 Å². The molecule has 0 spiro atoms. The van der Waals surface area contributed by atoms with E-state index in [2.05, 4.69) is 9.05 Å². The predicted octanol–water partition coefficient (Wildman–Crippen LogP) is 2.79. The van der Waals surface area contributed by atoms with Crippen molar-refractivity contribution in [3.05, 3.63) is 11.8 Å². The van der Waals surface area contributed by atoms with Crippen LogP contribution in [0.5, 0.6) is 0 Å². The monoisotopic (exact) mass is 288 g/mol. The van der Waals surface area contributed by atoms with Crippen molar-refractivity contribution < 1.29 is 31.7 Å². The van der Waals surface area contributed by atoms with Gasteiger partial charge in [0.05, 0.1) is 12.4 Å². The molecule has 17 heavy (non-hydrogen) atoms. The largest absolute Gasteiger partial charge is 0.528 e. The van der Waals surface area contributed by atoms with Crippen LogP contribution in [0.25, 0.3) is 0 Å². The molecule has 0 aliphatic rings. The summed E-state index contributed by atoms with van der Waals surface area (Å²) in [6.45, 7) is 1.63. The molecule has 0 unspecified atom stereocenters. The molecule has 0 saturated heterocycles. The van der Waals surface area contributed by atoms with Crippen molar-refractivity contribution >= 4 is 15.4 Å². The van der Waals surface area contributed by atoms with Gasteiger partial charge in [0.2, 0.25) is 0 Å². The Balaban J connectivity index is 4.57. The Morgan fingerprint density at radius 1 is 1.00 bits per heavy atom. The number of hydrogen-bond acceptors (Lipinski definition) is 7. The molecule has 0 atom stereocenters. The minimum absolute atomic E-state index is 0.0213. The minimum Gasteiger partial charge on any atom is -0.412 e. The summed E-state index contributed by atoms with van der Waals surface area (Å²) in [5, 5.41) is 0. The van der Waals surface area contributed by atoms with E-state index in [1.54, 1.807) is 6.92 Å². The summed E-state index contributed by atoms with van der Waals surface area (Å²) in [4.78, 5) is 0. The van der Waals surface area contributed by atoms with Crippen LogP contribution in [0.4, 0.5) is 0 Å². The van der Waals surface area contributed by atoms with Crippen LogP contribution in [0.1, 0.15) is 6.92 Å². The van der Waals surface area contributed by atoms with Crippen LogP contribution < -0.4 is 0 Å². The van der Waals surface area contributed by atoms with Crippen LogP contribution in [0, 0.1) is 0 Å². The second kappa shape index (κ2) is 7.31. The maximum Gasteiger partial charge on any atom is 0.528 e. The van der Waals surface area contributed by atoms with Gasteiger partial charge in [-0.1, -0.05) is 0 Å². The summed E-state index contributed by atoms with van der Waals surface area (Å²) in [5.74, 6) is 0. The lowest BCUT2D eigenvalue weighted by molar-refractivity contribution is 0.193. The van der Waals surface area contributed by atoms with E-state index >= 15 is 0 Å². The lowest BCUT2D eigenvalue weighted by Gasteiger charge is -2.15. The molecule has 9 heteroatoms. The van der Waals surface area contributed by atoms with Crippen LogP contribution in [0.15, 0.2) is 11.8 Å². The SMILES string of the molecule is COP(=O)(C/C(C)=C/OP(=O)(OC)OC)OC. The van der Waals surface area contributed by atoms with Crippen molar-refractivity contribution in [2.24, 2.45) is 0 Å². The Hall–Kier alpha value is -0.160. The van der Waals surface area contributed by atoms with Gasteiger partial charge in [-0.05, 0) is 12.5 Å². The first kappa shape index (κ1) is 16.8. The molecule has 0 aliphatic carbocycles. The molecule has 0 aromatic rings. The smallest absolute Gasteiger partial charge is 0.412 e. The average molecular weight is 288 g/mol. The second-order valence-corrected chi connectivity index (χ2v) is 7.12. The summed E-state index contributed by atoms with van der Waals surface area (Å²) in [7, 11) is -1.76. The molecule has 0 saturated carbocycles. The van der Waals surface area contributed by atoms with Crippen molar-refractivity contribution in [2.45, 2.75) is 6.92 Å². The summed E-state index contributed by atoms with van der Waals surface area (Å²) in [5.41, 5.74) is 0.520. The Morgan fingerprint density at radius 3 is 1.82 bits per heavy atom. The Kier molecular flexibility index (Phi) is 7.24. The van der Waals surface area contributed by atoms with Crippen LogP contribution in [-0.4, -0.2) is 34.6 Å². The topological polar surface area (TPSA) is 80.3 Å². The molecule has 0 aromatic heterocycles. The Morgan fingerprint density at radius 2 is 1.47 bits per heavy atom. The van der Waals surface area contributed by atoms with E-state index in [0.29, 0.717) is 5.57 Å². The van der Waals surface area contributed by atoms with Crippen molar-refractivity contribution in [2.75, 3.05) is 34.6 Å². The first-order valence-corrected chi connectivity index (χ1v) is 7.79. The molecule has 0 aliphatic heterocycles. The highest BCUT2D eigenvalue weighted by Crippen LogP contribution is 2.50. The van der Waals surface area contributed by atoms with Gasteiger partial charge in [0.25, 0.3) is 0 Å². The number of hydrogen-bond donors (Lipinski definition) is 0. The van der Waals surface area contributed by atoms with E-state index < -0.39 is 15.4 Å². The van der Waals surface area contributed by atoms with Gasteiger partial charge in [-0.25, -0.2) is 4.57 Å². The van der Waals surface area contributed by atoms with Crippen molar-refractivity contribution in [3.8, 4) is 0 Å². The summed E-state index contributed by atoms with van der Waals surface area (Å²) in [6, 6.07) is 0. The van der Waals surface area contributed by atoms with Crippen LogP contribution in [0.2, 0.25) is 0 Å². The number of rotatable bonds is 8. The minimum atomic E-state index is -3.57. The fraction of sp³-hybridized carbons (Fsp3) is 0.750. The van der Waals surface area contributed by atoms with E-state index in [1.165, 1.54) is 28.4 Å². The highest BCUT2D eigenvalue weighted by Gasteiger charge is 2.25. The highest BCUT2D eigenvalue weighted by atomic mass is 31.2. The predicted molar refractivity (Wildman–Crippen MR) is 63.0 cm³/mol. The van der Waals surface area contributed by atoms with Crippen LogP contribution in [0.3, 0.4) is 0 Å². The molecule has 0 fully saturated rings. The third kappa shape index (κ3) is 5.82. The van der Waals surface area contributed by atoms with Gasteiger partial charge in [0.1, 0.15) is 0 Å². The highest BCUT2D eigenvalue weighted by molar-refractivity contribution is 7.54. The quantitative estimate of drug-likeness (QED) is 0.501. The maximum atomic E-state index is 11.8. The number of phosphoric ester groups is 1. The van der Waals surface area contributed by atoms with E-state index in [-0.39, 0.29) is 6.16 Å². The summed E-state index contributed by atoms with van der Waals surface area (Å²) >= 11 is 0. The molecule has 0 N–H and O–H groups in total. The third-order valence-electron chi connectivity index (χ3n) is 1.83. The lowest BCUT2D eigenvalue weighted by atomic mass is 10.4. The lowest BCUT2D eigenvalue weighted by Crippen LogP contribution is -1.97. The fourth-order valence-corrected chi connectivity index (χ4v) is 2.58. The molecule has 0 amide bonds. The molecular formula is C8H18O7P2. The maximum absolute atomic E-state index is 11.8. The molecule has 102 valence electrons. The van der Waals surface area contributed by atoms with Gasteiger partial charge in [-0.15, -0.1) is 0 Å². The normalized spacial score (nSPS) is 13.8. The molecule has 0 aromatic carbocycles. The standard InChI is InChI=1S/C8H18O7P2/c1-8(7-16(9,11-2)12-3)6-15-17(10,13-4)14-5/h6H,7H2,1-5H3/b8-6+. The molecule has 0 radical (unpaired) electrons. The zero-order valence-electron chi connectivity index (χ0n) is 10.5. The van der Waals surface area contributed by atoms with Gasteiger partial charge >= 0.3 is 15.4 Å². The third-order valence-corrected chi connectivity index (χ3v) is 5.09. The van der Waals surface area contributed by atoms with E-state index in [0.717, 1.165) is 6.26 Å². The number of phosphoric acid groups is 1. The number of allylic oxidation sites excluding steroid dienone is 1. The van der Waals surface area contributed by atoms with Crippen LogP contribution in [-0.2, 0) is 31.7 Å². The zero-order chi connectivity index (χ0) is 13.5. The average Bonchev–Trinajstić information content (AvgIpc) is 2.35. The van der Waals surface area contributed by atoms with Gasteiger partial charge in [0, 0.05) is 28.4 Å². The van der Waals surface area contributed by atoms with E-state index in [1.807, 2.05) is 0 Å². The van der Waals surface area contributed by atoms with Crippen molar-refractivity contribution in [1.29, 1.82) is 0 Å². The molecular weight excluding hydrogens is 270 g/mol. The van der Waals surface area contributed by atoms with E-state index in [9.17, 15) is 9.13 Å². The zero-order valence-corrected chi connectivity index (χ0v) is 12.3. The van der Waals surface area contributed by atoms with Crippen molar-refractivity contribution in [3.63, 3.8) is 0 Å². The second-order valence-electron chi connectivity index (χ2n) is 3.02. The van der Waals surface area contributed by atoms with E-state index in [4.69, 9.17) is 13.6 Å². The van der Waals surface area contributed by atoms with Gasteiger partial charge in [-0.3, -0.25) is 13.6 Å². The van der Waals surface area contributed by atoms with Crippen LogP contribution >= 0.6 is 15.4 Å². The molecule has 0 bridgehead atoms. The van der Waals surface area contributed by atoms with Gasteiger partial charge in [0.15, 0.2) is 0 Å². The Bertz CT molecular complexity index is 336. The van der Waals surface area contributed by atoms with Crippen molar-refractivity contribution in [1.82, 2.24) is 0 Å². The first-order chi connectivity index (χ1) is 7.84. The first-order valence-electron chi connectivity index (χ1n) is 4.61. The molecule has 0 rings (SSSR count). The fourth-order valence-electron chi connectivity index (χ4n) is 0.861. The Labute approximate surface area is 101 Å². The summed E-state index contributed by atoms with van der Waals surface area (Å²) < 4.78 is 46.7. The molecule has 7 nitrogen and oxygen atoms in total. The molecule has 0 heterocycles.